The Labute approximate surface area is 294 Å². The number of piperazine rings is 1. The molecule has 2 N–H and O–H groups in total. The maximum Gasteiger partial charge on any atom is 0.262 e. The molecule has 5 aliphatic rings. The van der Waals surface area contributed by atoms with Crippen LogP contribution in [0.15, 0.2) is 42.5 Å². The Morgan fingerprint density at radius 1 is 0.820 bits per heavy atom. The molecule has 7 rings (SSSR count). The molecule has 11 heteroatoms. The minimum atomic E-state index is -0.963. The fraction of sp³-hybridized carbons (Fsp3) is 0.564. The van der Waals surface area contributed by atoms with Gasteiger partial charge >= 0.3 is 0 Å². The van der Waals surface area contributed by atoms with Crippen molar-refractivity contribution in [2.24, 2.45) is 16.7 Å². The van der Waals surface area contributed by atoms with E-state index < -0.39 is 23.8 Å². The summed E-state index contributed by atoms with van der Waals surface area (Å²) < 4.78 is 0. The van der Waals surface area contributed by atoms with Gasteiger partial charge in [0.2, 0.25) is 11.8 Å². The predicted octanol–water partition coefficient (Wildman–Crippen LogP) is 4.07. The van der Waals surface area contributed by atoms with Crippen molar-refractivity contribution in [2.45, 2.75) is 84.8 Å². The van der Waals surface area contributed by atoms with E-state index >= 15 is 0 Å². The Morgan fingerprint density at radius 2 is 1.48 bits per heavy atom. The highest BCUT2D eigenvalue weighted by molar-refractivity contribution is 6.23. The Bertz CT molecular complexity index is 1700. The second kappa shape index (κ2) is 12.8. The van der Waals surface area contributed by atoms with E-state index in [9.17, 15) is 24.0 Å². The van der Waals surface area contributed by atoms with Gasteiger partial charge in [-0.25, -0.2) is 0 Å². The first-order valence-electron chi connectivity index (χ1n) is 18.2. The third kappa shape index (κ3) is 6.29. The van der Waals surface area contributed by atoms with E-state index in [1.807, 2.05) is 18.2 Å². The highest BCUT2D eigenvalue weighted by atomic mass is 16.2. The van der Waals surface area contributed by atoms with Gasteiger partial charge in [0.1, 0.15) is 6.04 Å². The van der Waals surface area contributed by atoms with Crippen LogP contribution in [0.25, 0.3) is 0 Å². The van der Waals surface area contributed by atoms with E-state index in [1.54, 1.807) is 12.1 Å². The van der Waals surface area contributed by atoms with Crippen LogP contribution in [0.3, 0.4) is 0 Å². The Morgan fingerprint density at radius 3 is 2.12 bits per heavy atom. The van der Waals surface area contributed by atoms with Crippen LogP contribution in [-0.2, 0) is 9.59 Å². The first-order valence-corrected chi connectivity index (χ1v) is 18.2. The largest absolute Gasteiger partial charge is 0.372 e. The van der Waals surface area contributed by atoms with Crippen LogP contribution >= 0.6 is 0 Å². The van der Waals surface area contributed by atoms with Crippen molar-refractivity contribution in [3.63, 3.8) is 0 Å². The van der Waals surface area contributed by atoms with Gasteiger partial charge in [0.05, 0.1) is 11.1 Å². The van der Waals surface area contributed by atoms with Crippen LogP contribution in [0.1, 0.15) is 97.8 Å². The molecule has 0 spiro atoms. The quantitative estimate of drug-likeness (QED) is 0.420. The van der Waals surface area contributed by atoms with Crippen molar-refractivity contribution >= 4 is 40.9 Å². The molecule has 2 aromatic rings. The van der Waals surface area contributed by atoms with Crippen molar-refractivity contribution in [1.29, 1.82) is 0 Å². The summed E-state index contributed by atoms with van der Waals surface area (Å²) in [6.07, 6.45) is 3.58. The van der Waals surface area contributed by atoms with E-state index in [-0.39, 0.29) is 41.5 Å². The second-order valence-corrected chi connectivity index (χ2v) is 16.5. The van der Waals surface area contributed by atoms with E-state index in [4.69, 9.17) is 0 Å². The molecule has 1 saturated carbocycles. The smallest absolute Gasteiger partial charge is 0.262 e. The van der Waals surface area contributed by atoms with Crippen LogP contribution in [-0.4, -0.2) is 96.7 Å². The van der Waals surface area contributed by atoms with Crippen molar-refractivity contribution in [3.05, 3.63) is 59.2 Å². The lowest BCUT2D eigenvalue weighted by molar-refractivity contribution is -0.136. The van der Waals surface area contributed by atoms with Gasteiger partial charge in [-0.1, -0.05) is 27.7 Å². The minimum Gasteiger partial charge on any atom is -0.372 e. The summed E-state index contributed by atoms with van der Waals surface area (Å²) in [6.45, 7) is 16.7. The van der Waals surface area contributed by atoms with Gasteiger partial charge in [0, 0.05) is 74.7 Å². The molecular weight excluding hydrogens is 632 g/mol. The Hall–Kier alpha value is -4.25. The predicted molar refractivity (Wildman–Crippen MR) is 191 cm³/mol. The summed E-state index contributed by atoms with van der Waals surface area (Å²) in [5.74, 6) is -1.32. The van der Waals surface area contributed by atoms with E-state index in [0.717, 1.165) is 69.1 Å². The van der Waals surface area contributed by atoms with Crippen LogP contribution < -0.4 is 20.4 Å². The molecular formula is C39H50N6O5. The number of rotatable bonds is 7. The van der Waals surface area contributed by atoms with Crippen molar-refractivity contribution < 1.29 is 24.0 Å². The zero-order valence-corrected chi connectivity index (χ0v) is 30.0. The van der Waals surface area contributed by atoms with Gasteiger partial charge in [0.15, 0.2) is 0 Å². The second-order valence-electron chi connectivity index (χ2n) is 16.5. The number of benzene rings is 2. The molecule has 0 bridgehead atoms. The van der Waals surface area contributed by atoms with Crippen molar-refractivity contribution in [3.8, 4) is 0 Å². The number of imide groups is 2. The normalized spacial score (nSPS) is 25.7. The highest BCUT2D eigenvalue weighted by Gasteiger charge is 2.53. The fourth-order valence-electron chi connectivity index (χ4n) is 9.60. The Kier molecular flexibility index (Phi) is 8.77. The maximum atomic E-state index is 13.3. The average molecular weight is 683 g/mol. The molecule has 4 heterocycles. The molecule has 2 aromatic carbocycles. The molecule has 11 nitrogen and oxygen atoms in total. The van der Waals surface area contributed by atoms with Crippen LogP contribution in [0.5, 0.6) is 0 Å². The SMILES string of the molecule is C[C@H]1CN(c2ccc3c(c2)C(=O)N(C2CCC(=O)NC2=O)C3=O)CCN1CC1CCN(c2ccc(C(=O)NC3C(C)(C)CC3(C)C)cc2)CC1. The van der Waals surface area contributed by atoms with Gasteiger partial charge in [-0.15, -0.1) is 0 Å². The number of nitrogens with zero attached hydrogens (tertiary/aromatic N) is 4. The first-order chi connectivity index (χ1) is 23.7. The van der Waals surface area contributed by atoms with E-state index in [0.29, 0.717) is 28.7 Å². The zero-order chi connectivity index (χ0) is 35.5. The van der Waals surface area contributed by atoms with Crippen molar-refractivity contribution in [1.82, 2.24) is 20.4 Å². The summed E-state index contributed by atoms with van der Waals surface area (Å²) in [5.41, 5.74) is 3.64. The molecule has 50 heavy (non-hydrogen) atoms. The number of carbonyl (C=O) groups is 5. The highest BCUT2D eigenvalue weighted by Crippen LogP contribution is 2.53. The molecule has 0 radical (unpaired) electrons. The van der Waals surface area contributed by atoms with Gasteiger partial charge in [0.25, 0.3) is 17.7 Å². The van der Waals surface area contributed by atoms with Gasteiger partial charge in [-0.05, 0) is 91.8 Å². The lowest BCUT2D eigenvalue weighted by Gasteiger charge is -2.57. The molecule has 0 aromatic heterocycles. The van der Waals surface area contributed by atoms with E-state index in [1.165, 1.54) is 5.69 Å². The lowest BCUT2D eigenvalue weighted by atomic mass is 9.52. The first kappa shape index (κ1) is 34.2. The minimum absolute atomic E-state index is 0.00603. The maximum absolute atomic E-state index is 13.3. The number of hydrogen-bond donors (Lipinski definition) is 2. The summed E-state index contributed by atoms with van der Waals surface area (Å²) in [4.78, 5) is 71.8. The number of piperidine rings is 2. The monoisotopic (exact) mass is 682 g/mol. The van der Waals surface area contributed by atoms with Gasteiger partial charge < -0.3 is 15.1 Å². The van der Waals surface area contributed by atoms with Crippen LogP contribution in [0.2, 0.25) is 0 Å². The topological polar surface area (TPSA) is 122 Å². The molecule has 3 saturated heterocycles. The average Bonchev–Trinajstić information content (AvgIpc) is 3.32. The fourth-order valence-corrected chi connectivity index (χ4v) is 9.60. The molecule has 4 aliphatic heterocycles. The third-order valence-corrected chi connectivity index (χ3v) is 11.9. The van der Waals surface area contributed by atoms with Crippen LogP contribution in [0.4, 0.5) is 11.4 Å². The standard InChI is InChI=1S/C39H50N6O5/c1-24-21-44(28-10-11-29-30(20-28)36(50)45(35(29)49)31-12-13-32(46)40-34(31)48)19-18-43(24)22-25-14-16-42(17-15-25)27-8-6-26(7-9-27)33(47)41-37-38(2,3)23-39(37,4)5/h6-11,20,24-25,31,37H,12-19,21-23H2,1-5H3,(H,41,47)(H,40,46,48)/t24-,31?/m0/s1. The lowest BCUT2D eigenvalue weighted by Crippen LogP contribution is -2.63. The van der Waals surface area contributed by atoms with Gasteiger partial charge in [-0.3, -0.25) is 39.1 Å². The number of amides is 5. The summed E-state index contributed by atoms with van der Waals surface area (Å²) >= 11 is 0. The summed E-state index contributed by atoms with van der Waals surface area (Å²) in [5, 5.41) is 5.54. The molecule has 1 aliphatic carbocycles. The molecule has 2 atom stereocenters. The molecule has 4 fully saturated rings. The summed E-state index contributed by atoms with van der Waals surface area (Å²) in [7, 11) is 0. The molecule has 1 unspecified atom stereocenters. The number of carbonyl (C=O) groups excluding carboxylic acids is 5. The third-order valence-electron chi connectivity index (χ3n) is 11.9. The zero-order valence-electron chi connectivity index (χ0n) is 30.0. The van der Waals surface area contributed by atoms with Crippen molar-refractivity contribution in [2.75, 3.05) is 49.1 Å². The molecule has 266 valence electrons. The van der Waals surface area contributed by atoms with E-state index in [2.05, 4.69) is 72.1 Å². The molecule has 5 amide bonds. The number of nitrogens with one attached hydrogen (secondary N) is 2. The number of fused-ring (bicyclic) bond motifs is 1. The number of anilines is 2. The number of hydrogen-bond acceptors (Lipinski definition) is 8. The van der Waals surface area contributed by atoms with Crippen LogP contribution in [0, 0.1) is 16.7 Å². The van der Waals surface area contributed by atoms with Gasteiger partial charge in [-0.2, -0.15) is 0 Å². The Balaban J connectivity index is 0.894. The summed E-state index contributed by atoms with van der Waals surface area (Å²) in [6, 6.07) is 13.0.